The zero-order valence-corrected chi connectivity index (χ0v) is 15.7. The fourth-order valence-electron chi connectivity index (χ4n) is 2.05. The summed E-state index contributed by atoms with van der Waals surface area (Å²) in [6.07, 6.45) is -5.02. The van der Waals surface area contributed by atoms with Gasteiger partial charge in [0.25, 0.3) is 0 Å². The fraction of sp³-hybridized carbons (Fsp3) is 0.143. The molecule has 2 nitrogen and oxygen atoms in total. The van der Waals surface area contributed by atoms with E-state index in [-0.39, 0.29) is 24.7 Å². The molecule has 2 rings (SSSR count). The standard InChI is InChI=1S/C14H8Br2Cl2F3NO/c15-10-3-7(4-11(16)12(10)22)13(23,14(19,20)21)6-1-8(17)5-9(18)2-6/h1-5,23H,22H2. The highest BCUT2D eigenvalue weighted by molar-refractivity contribution is 9.11. The van der Waals surface area contributed by atoms with Crippen LogP contribution in [0.25, 0.3) is 0 Å². The lowest BCUT2D eigenvalue weighted by Crippen LogP contribution is -2.43. The quantitative estimate of drug-likeness (QED) is 0.512. The normalized spacial score (nSPS) is 14.6. The monoisotopic (exact) mass is 491 g/mol. The summed E-state index contributed by atoms with van der Waals surface area (Å²) in [5, 5.41) is 10.5. The number of aliphatic hydroxyl groups is 1. The minimum absolute atomic E-state index is 0.0243. The van der Waals surface area contributed by atoms with E-state index in [1.54, 1.807) is 0 Å². The molecule has 0 fully saturated rings. The summed E-state index contributed by atoms with van der Waals surface area (Å²) in [4.78, 5) is 0. The SMILES string of the molecule is Nc1c(Br)cc(C(O)(c2cc(Cl)cc(Cl)c2)C(F)(F)F)cc1Br. The predicted octanol–water partition coefficient (Wildman–Crippen LogP) is 5.90. The summed E-state index contributed by atoms with van der Waals surface area (Å²) < 4.78 is 41.5. The number of alkyl halides is 3. The van der Waals surface area contributed by atoms with E-state index in [1.807, 2.05) is 0 Å². The van der Waals surface area contributed by atoms with E-state index in [2.05, 4.69) is 31.9 Å². The van der Waals surface area contributed by atoms with Gasteiger partial charge in [-0.15, -0.1) is 0 Å². The van der Waals surface area contributed by atoms with Crippen LogP contribution in [0.2, 0.25) is 10.0 Å². The lowest BCUT2D eigenvalue weighted by Gasteiger charge is -2.32. The highest BCUT2D eigenvalue weighted by Gasteiger charge is 2.56. The Morgan fingerprint density at radius 3 is 1.65 bits per heavy atom. The van der Waals surface area contributed by atoms with Crippen molar-refractivity contribution in [2.75, 3.05) is 5.73 Å². The molecule has 1 unspecified atom stereocenters. The molecule has 0 aliphatic rings. The molecule has 2 aromatic carbocycles. The first-order chi connectivity index (χ1) is 10.5. The number of anilines is 1. The maximum absolute atomic E-state index is 13.7. The fourth-order valence-corrected chi connectivity index (χ4v) is 3.76. The molecule has 2 aromatic rings. The van der Waals surface area contributed by atoms with Crippen LogP contribution in [-0.2, 0) is 5.60 Å². The summed E-state index contributed by atoms with van der Waals surface area (Å²) in [7, 11) is 0. The molecule has 0 spiro atoms. The maximum Gasteiger partial charge on any atom is 0.425 e. The van der Waals surface area contributed by atoms with Crippen LogP contribution in [0.5, 0.6) is 0 Å². The molecule has 0 heterocycles. The van der Waals surface area contributed by atoms with E-state index in [9.17, 15) is 18.3 Å². The van der Waals surface area contributed by atoms with E-state index in [0.29, 0.717) is 0 Å². The zero-order valence-electron chi connectivity index (χ0n) is 11.1. The minimum Gasteiger partial charge on any atom is -0.397 e. The second-order valence-electron chi connectivity index (χ2n) is 4.72. The van der Waals surface area contributed by atoms with Gasteiger partial charge in [-0.1, -0.05) is 23.2 Å². The Bertz CT molecular complexity index is 727. The number of nitrogens with two attached hydrogens (primary N) is 1. The number of benzene rings is 2. The van der Waals surface area contributed by atoms with Gasteiger partial charge >= 0.3 is 6.18 Å². The third kappa shape index (κ3) is 3.49. The van der Waals surface area contributed by atoms with Crippen LogP contribution in [-0.4, -0.2) is 11.3 Å². The zero-order chi connectivity index (χ0) is 17.6. The van der Waals surface area contributed by atoms with Gasteiger partial charge in [0, 0.05) is 24.6 Å². The van der Waals surface area contributed by atoms with Gasteiger partial charge in [-0.25, -0.2) is 0 Å². The highest BCUT2D eigenvalue weighted by Crippen LogP contribution is 2.47. The average Bonchev–Trinajstić information content (AvgIpc) is 2.40. The highest BCUT2D eigenvalue weighted by atomic mass is 79.9. The van der Waals surface area contributed by atoms with Crippen molar-refractivity contribution < 1.29 is 18.3 Å². The third-order valence-corrected chi connectivity index (χ3v) is 4.94. The first-order valence-corrected chi connectivity index (χ1v) is 8.31. The molecule has 124 valence electrons. The summed E-state index contributed by atoms with van der Waals surface area (Å²) in [6, 6.07) is 5.50. The Morgan fingerprint density at radius 2 is 1.26 bits per heavy atom. The third-order valence-electron chi connectivity index (χ3n) is 3.19. The summed E-state index contributed by atoms with van der Waals surface area (Å²) in [5.41, 5.74) is 1.67. The van der Waals surface area contributed by atoms with Gasteiger partial charge in [0.05, 0.1) is 5.69 Å². The molecule has 0 amide bonds. The number of rotatable bonds is 2. The first-order valence-electron chi connectivity index (χ1n) is 5.97. The van der Waals surface area contributed by atoms with E-state index in [4.69, 9.17) is 28.9 Å². The Balaban J connectivity index is 2.80. The largest absolute Gasteiger partial charge is 0.425 e. The van der Waals surface area contributed by atoms with Crippen LogP contribution in [0, 0.1) is 0 Å². The van der Waals surface area contributed by atoms with Crippen molar-refractivity contribution in [3.05, 3.63) is 60.4 Å². The minimum atomic E-state index is -5.02. The van der Waals surface area contributed by atoms with Crippen LogP contribution in [0.15, 0.2) is 39.3 Å². The molecule has 0 saturated heterocycles. The smallest absolute Gasteiger partial charge is 0.397 e. The molecule has 3 N–H and O–H groups in total. The Kier molecular flexibility index (Phi) is 5.28. The number of halogens is 7. The number of hydrogen-bond acceptors (Lipinski definition) is 2. The van der Waals surface area contributed by atoms with Crippen molar-refractivity contribution in [1.29, 1.82) is 0 Å². The molecule has 1 atom stereocenters. The lowest BCUT2D eigenvalue weighted by molar-refractivity contribution is -0.248. The van der Waals surface area contributed by atoms with E-state index < -0.39 is 22.9 Å². The predicted molar refractivity (Wildman–Crippen MR) is 91.8 cm³/mol. The number of hydrogen-bond donors (Lipinski definition) is 2. The van der Waals surface area contributed by atoms with Gasteiger partial charge in [-0.05, 0) is 67.8 Å². The van der Waals surface area contributed by atoms with Crippen molar-refractivity contribution in [3.8, 4) is 0 Å². The molecule has 23 heavy (non-hydrogen) atoms. The van der Waals surface area contributed by atoms with Crippen LogP contribution in [0.1, 0.15) is 11.1 Å². The molecule has 0 aliphatic carbocycles. The van der Waals surface area contributed by atoms with Crippen LogP contribution in [0.3, 0.4) is 0 Å². The topological polar surface area (TPSA) is 46.2 Å². The van der Waals surface area contributed by atoms with Crippen molar-refractivity contribution >= 4 is 60.7 Å². The van der Waals surface area contributed by atoms with Crippen molar-refractivity contribution in [1.82, 2.24) is 0 Å². The van der Waals surface area contributed by atoms with Crippen molar-refractivity contribution in [2.45, 2.75) is 11.8 Å². The molecule has 0 saturated carbocycles. The van der Waals surface area contributed by atoms with E-state index >= 15 is 0 Å². The maximum atomic E-state index is 13.7. The summed E-state index contributed by atoms with van der Waals surface area (Å²) in [5.74, 6) is 0. The molecule has 0 aromatic heterocycles. The van der Waals surface area contributed by atoms with Gasteiger partial charge in [-0.3, -0.25) is 0 Å². The van der Waals surface area contributed by atoms with Gasteiger partial charge in [0.1, 0.15) is 0 Å². The van der Waals surface area contributed by atoms with Gasteiger partial charge in [-0.2, -0.15) is 13.2 Å². The first kappa shape index (κ1) is 18.9. The number of nitrogen functional groups attached to an aromatic ring is 1. The van der Waals surface area contributed by atoms with Crippen molar-refractivity contribution in [2.24, 2.45) is 0 Å². The van der Waals surface area contributed by atoms with Crippen LogP contribution in [0.4, 0.5) is 18.9 Å². The molecular formula is C14H8Br2Cl2F3NO. The second kappa shape index (κ2) is 6.44. The lowest BCUT2D eigenvalue weighted by atomic mass is 9.85. The molecule has 9 heteroatoms. The Hall–Kier alpha value is -0.470. The van der Waals surface area contributed by atoms with Crippen LogP contribution >= 0.6 is 55.1 Å². The van der Waals surface area contributed by atoms with Gasteiger partial charge in [0.2, 0.25) is 5.60 Å². The average molecular weight is 494 g/mol. The Morgan fingerprint density at radius 1 is 0.870 bits per heavy atom. The van der Waals surface area contributed by atoms with Gasteiger partial charge < -0.3 is 10.8 Å². The van der Waals surface area contributed by atoms with Crippen molar-refractivity contribution in [3.63, 3.8) is 0 Å². The van der Waals surface area contributed by atoms with E-state index in [0.717, 1.165) is 24.3 Å². The van der Waals surface area contributed by atoms with Gasteiger partial charge in [0.15, 0.2) is 0 Å². The molecular weight excluding hydrogens is 486 g/mol. The Labute approximate surface area is 156 Å². The summed E-state index contributed by atoms with van der Waals surface area (Å²) >= 11 is 17.7. The molecule has 0 bridgehead atoms. The molecule has 0 aliphatic heterocycles. The molecule has 0 radical (unpaired) electrons. The van der Waals surface area contributed by atoms with E-state index in [1.165, 1.54) is 6.07 Å². The van der Waals surface area contributed by atoms with Crippen LogP contribution < -0.4 is 5.73 Å². The summed E-state index contributed by atoms with van der Waals surface area (Å²) in [6.45, 7) is 0. The second-order valence-corrected chi connectivity index (χ2v) is 7.30.